The molecular formula is C8H6N4O2S2. The highest BCUT2D eigenvalue weighted by molar-refractivity contribution is 7.12. The molecule has 2 rings (SSSR count). The summed E-state index contributed by atoms with van der Waals surface area (Å²) in [5, 5.41) is 1.98. The van der Waals surface area contributed by atoms with Gasteiger partial charge in [0.25, 0.3) is 11.8 Å². The van der Waals surface area contributed by atoms with E-state index in [2.05, 4.69) is 20.8 Å². The number of carbonyl (C=O) groups excluding carboxylic acids is 2. The molecular weight excluding hydrogens is 248 g/mol. The first-order valence-corrected chi connectivity index (χ1v) is 5.92. The Morgan fingerprint density at radius 3 is 2.62 bits per heavy atom. The molecule has 2 aromatic rings. The Balaban J connectivity index is 1.89. The van der Waals surface area contributed by atoms with Crippen molar-refractivity contribution in [2.75, 3.05) is 0 Å². The predicted octanol–water partition coefficient (Wildman–Crippen LogP) is 0.674. The molecule has 2 aromatic heterocycles. The topological polar surface area (TPSA) is 84.0 Å². The molecule has 16 heavy (non-hydrogen) atoms. The van der Waals surface area contributed by atoms with Crippen LogP contribution in [0.1, 0.15) is 19.5 Å². The molecule has 0 saturated carbocycles. The molecule has 8 heteroatoms. The van der Waals surface area contributed by atoms with Crippen molar-refractivity contribution in [1.82, 2.24) is 20.8 Å². The minimum atomic E-state index is -0.437. The van der Waals surface area contributed by atoms with Crippen molar-refractivity contribution >= 4 is 34.5 Å². The quantitative estimate of drug-likeness (QED) is 0.772. The molecule has 0 aliphatic carbocycles. The molecule has 2 N–H and O–H groups in total. The zero-order valence-corrected chi connectivity index (χ0v) is 9.47. The second-order valence-corrected chi connectivity index (χ2v) is 4.39. The number of hydrogen-bond acceptors (Lipinski definition) is 6. The lowest BCUT2D eigenvalue weighted by molar-refractivity contribution is 0.0848. The Kier molecular flexibility index (Phi) is 3.22. The van der Waals surface area contributed by atoms with Crippen LogP contribution in [0, 0.1) is 0 Å². The van der Waals surface area contributed by atoms with Crippen LogP contribution in [0.5, 0.6) is 0 Å². The first kappa shape index (κ1) is 10.7. The summed E-state index contributed by atoms with van der Waals surface area (Å²) in [5.74, 6) is -0.833. The fraction of sp³-hybridized carbons (Fsp3) is 0. The van der Waals surface area contributed by atoms with E-state index in [1.54, 1.807) is 5.38 Å². The monoisotopic (exact) mass is 254 g/mol. The minimum Gasteiger partial charge on any atom is -0.266 e. The van der Waals surface area contributed by atoms with E-state index in [9.17, 15) is 9.59 Å². The Morgan fingerprint density at radius 1 is 1.19 bits per heavy atom. The highest BCUT2D eigenvalue weighted by atomic mass is 32.1. The molecule has 0 radical (unpaired) electrons. The first-order valence-electron chi connectivity index (χ1n) is 4.16. The zero-order valence-electron chi connectivity index (χ0n) is 7.84. The SMILES string of the molecule is O=C(NNC(=O)c1nccs1)c1cncs1. The molecule has 0 unspecified atom stereocenters. The van der Waals surface area contributed by atoms with Gasteiger partial charge in [-0.05, 0) is 0 Å². The van der Waals surface area contributed by atoms with Crippen LogP contribution in [0.25, 0.3) is 0 Å². The van der Waals surface area contributed by atoms with Crippen molar-refractivity contribution in [3.63, 3.8) is 0 Å². The molecule has 2 amide bonds. The first-order chi connectivity index (χ1) is 7.77. The Labute approximate surface area is 98.3 Å². The van der Waals surface area contributed by atoms with Crippen molar-refractivity contribution in [2.24, 2.45) is 0 Å². The zero-order chi connectivity index (χ0) is 11.4. The van der Waals surface area contributed by atoms with Crippen LogP contribution in [0.2, 0.25) is 0 Å². The Morgan fingerprint density at radius 2 is 2.00 bits per heavy atom. The van der Waals surface area contributed by atoms with E-state index < -0.39 is 11.8 Å². The highest BCUT2D eigenvalue weighted by Crippen LogP contribution is 2.05. The number of amides is 2. The van der Waals surface area contributed by atoms with Gasteiger partial charge in [-0.3, -0.25) is 25.4 Å². The van der Waals surface area contributed by atoms with Crippen LogP contribution in [-0.4, -0.2) is 21.8 Å². The van der Waals surface area contributed by atoms with Crippen LogP contribution >= 0.6 is 22.7 Å². The van der Waals surface area contributed by atoms with E-state index in [1.165, 1.54) is 40.6 Å². The molecule has 0 bridgehead atoms. The molecule has 0 saturated heterocycles. The summed E-state index contributed by atoms with van der Waals surface area (Å²) in [6, 6.07) is 0. The summed E-state index contributed by atoms with van der Waals surface area (Å²) in [6.07, 6.45) is 2.94. The number of nitrogens with zero attached hydrogens (tertiary/aromatic N) is 2. The maximum Gasteiger partial charge on any atom is 0.298 e. The van der Waals surface area contributed by atoms with Gasteiger partial charge in [-0.15, -0.1) is 22.7 Å². The average Bonchev–Trinajstić information content (AvgIpc) is 2.95. The van der Waals surface area contributed by atoms with Gasteiger partial charge in [-0.25, -0.2) is 4.98 Å². The van der Waals surface area contributed by atoms with Gasteiger partial charge < -0.3 is 0 Å². The van der Waals surface area contributed by atoms with Gasteiger partial charge in [-0.1, -0.05) is 0 Å². The number of nitrogens with one attached hydrogen (secondary N) is 2. The lowest BCUT2D eigenvalue weighted by Crippen LogP contribution is -2.41. The fourth-order valence-corrected chi connectivity index (χ4v) is 1.94. The van der Waals surface area contributed by atoms with E-state index in [0.717, 1.165) is 0 Å². The summed E-state index contributed by atoms with van der Waals surface area (Å²) >= 11 is 2.39. The smallest absolute Gasteiger partial charge is 0.266 e. The van der Waals surface area contributed by atoms with Gasteiger partial charge in [-0.2, -0.15) is 0 Å². The van der Waals surface area contributed by atoms with Crippen LogP contribution < -0.4 is 10.9 Å². The van der Waals surface area contributed by atoms with E-state index in [4.69, 9.17) is 0 Å². The van der Waals surface area contributed by atoms with Gasteiger partial charge >= 0.3 is 0 Å². The molecule has 2 heterocycles. The van der Waals surface area contributed by atoms with E-state index in [1.807, 2.05) is 0 Å². The second kappa shape index (κ2) is 4.81. The number of rotatable bonds is 2. The maximum absolute atomic E-state index is 11.4. The van der Waals surface area contributed by atoms with Gasteiger partial charge in [0.15, 0.2) is 5.01 Å². The molecule has 0 aliphatic rings. The van der Waals surface area contributed by atoms with Crippen molar-refractivity contribution in [1.29, 1.82) is 0 Å². The number of hydrazine groups is 1. The third-order valence-electron chi connectivity index (χ3n) is 1.57. The van der Waals surface area contributed by atoms with E-state index in [-0.39, 0.29) is 0 Å². The molecule has 0 aromatic carbocycles. The number of aromatic nitrogens is 2. The molecule has 0 spiro atoms. The van der Waals surface area contributed by atoms with Crippen molar-refractivity contribution in [3.05, 3.63) is 33.2 Å². The predicted molar refractivity (Wildman–Crippen MR) is 59.2 cm³/mol. The van der Waals surface area contributed by atoms with Crippen molar-refractivity contribution < 1.29 is 9.59 Å². The summed E-state index contributed by atoms with van der Waals surface area (Å²) in [6.45, 7) is 0. The van der Waals surface area contributed by atoms with Gasteiger partial charge in [0.05, 0.1) is 11.7 Å². The van der Waals surface area contributed by atoms with Gasteiger partial charge in [0.2, 0.25) is 0 Å². The lowest BCUT2D eigenvalue weighted by atomic mass is 10.5. The average molecular weight is 254 g/mol. The van der Waals surface area contributed by atoms with Gasteiger partial charge in [0, 0.05) is 11.6 Å². The maximum atomic E-state index is 11.4. The molecule has 0 aliphatic heterocycles. The number of thiazole rings is 2. The summed E-state index contributed by atoms with van der Waals surface area (Å²) in [5.41, 5.74) is 6.07. The Hall–Kier alpha value is -1.80. The summed E-state index contributed by atoms with van der Waals surface area (Å²) in [4.78, 5) is 30.8. The van der Waals surface area contributed by atoms with Crippen LogP contribution in [0.15, 0.2) is 23.3 Å². The second-order valence-electron chi connectivity index (χ2n) is 2.61. The normalized spacial score (nSPS) is 9.75. The van der Waals surface area contributed by atoms with Crippen LogP contribution in [-0.2, 0) is 0 Å². The standard InChI is InChI=1S/C8H6N4O2S2/c13-6(5-3-9-4-16-5)11-12-7(14)8-10-1-2-15-8/h1-4H,(H,11,13)(H,12,14). The largest absolute Gasteiger partial charge is 0.298 e. The molecule has 82 valence electrons. The number of carbonyl (C=O) groups is 2. The highest BCUT2D eigenvalue weighted by Gasteiger charge is 2.11. The Bertz CT molecular complexity index is 434. The molecule has 0 atom stereocenters. The van der Waals surface area contributed by atoms with Crippen molar-refractivity contribution in [2.45, 2.75) is 0 Å². The molecule has 0 fully saturated rings. The summed E-state index contributed by atoms with van der Waals surface area (Å²) in [7, 11) is 0. The summed E-state index contributed by atoms with van der Waals surface area (Å²) < 4.78 is 0. The molecule has 6 nitrogen and oxygen atoms in total. The third-order valence-corrected chi connectivity index (χ3v) is 3.12. The number of hydrogen-bond donors (Lipinski definition) is 2. The fourth-order valence-electron chi connectivity index (χ4n) is 0.892. The van der Waals surface area contributed by atoms with Crippen molar-refractivity contribution in [3.8, 4) is 0 Å². The van der Waals surface area contributed by atoms with Crippen LogP contribution in [0.4, 0.5) is 0 Å². The minimum absolute atomic E-state index is 0.296. The third kappa shape index (κ3) is 2.41. The lowest BCUT2D eigenvalue weighted by Gasteiger charge is -2.03. The van der Waals surface area contributed by atoms with E-state index in [0.29, 0.717) is 9.88 Å². The van der Waals surface area contributed by atoms with Crippen LogP contribution in [0.3, 0.4) is 0 Å². The van der Waals surface area contributed by atoms with Gasteiger partial charge in [0.1, 0.15) is 4.88 Å². The van der Waals surface area contributed by atoms with E-state index >= 15 is 0 Å².